The zero-order valence-corrected chi connectivity index (χ0v) is 14.5. The molecule has 6 nitrogen and oxygen atoms in total. The van der Waals surface area contributed by atoms with Gasteiger partial charge in [-0.25, -0.2) is 9.97 Å². The van der Waals surface area contributed by atoms with E-state index in [2.05, 4.69) is 25.3 Å². The monoisotopic (exact) mass is 393 g/mol. The molecule has 0 aliphatic heterocycles. The summed E-state index contributed by atoms with van der Waals surface area (Å²) in [6, 6.07) is 5.10. The fraction of sp³-hybridized carbons (Fsp3) is 0.118. The Morgan fingerprint density at radius 1 is 1.11 bits per heavy atom. The maximum Gasteiger partial charge on any atom is 0.433 e. The highest BCUT2D eigenvalue weighted by molar-refractivity contribution is 6.28. The Labute approximate surface area is 156 Å². The number of aryl methyl sites for hydroxylation is 1. The minimum atomic E-state index is -4.64. The highest BCUT2D eigenvalue weighted by Crippen LogP contribution is 2.28. The van der Waals surface area contributed by atoms with Crippen LogP contribution in [0.4, 0.5) is 18.9 Å². The Kier molecular flexibility index (Phi) is 5.04. The zero-order chi connectivity index (χ0) is 19.6. The van der Waals surface area contributed by atoms with Gasteiger partial charge in [-0.2, -0.15) is 13.2 Å². The number of amides is 1. The van der Waals surface area contributed by atoms with Crippen molar-refractivity contribution in [3.8, 4) is 11.3 Å². The van der Waals surface area contributed by atoms with E-state index in [9.17, 15) is 18.0 Å². The van der Waals surface area contributed by atoms with Crippen LogP contribution >= 0.6 is 11.6 Å². The first-order chi connectivity index (χ1) is 12.7. The molecular weight excluding hydrogens is 383 g/mol. The number of carbonyl (C=O) groups excluding carboxylic acids is 1. The number of anilines is 1. The van der Waals surface area contributed by atoms with E-state index in [-0.39, 0.29) is 10.8 Å². The number of carbonyl (C=O) groups is 1. The van der Waals surface area contributed by atoms with Gasteiger partial charge in [0.25, 0.3) is 5.91 Å². The van der Waals surface area contributed by atoms with Gasteiger partial charge in [-0.1, -0.05) is 0 Å². The maximum atomic E-state index is 12.7. The van der Waals surface area contributed by atoms with Crippen LogP contribution in [-0.2, 0) is 6.18 Å². The largest absolute Gasteiger partial charge is 0.433 e. The van der Waals surface area contributed by atoms with Gasteiger partial charge in [0.15, 0.2) is 0 Å². The third-order valence-electron chi connectivity index (χ3n) is 3.56. The van der Waals surface area contributed by atoms with Gasteiger partial charge in [-0.3, -0.25) is 14.8 Å². The summed E-state index contributed by atoms with van der Waals surface area (Å²) in [6.45, 7) is 1.75. The lowest BCUT2D eigenvalue weighted by Gasteiger charge is -2.10. The predicted octanol–water partition coefficient (Wildman–Crippen LogP) is 4.17. The molecule has 0 aliphatic carbocycles. The minimum Gasteiger partial charge on any atom is -0.321 e. The number of hydrogen-bond acceptors (Lipinski definition) is 5. The number of alkyl halides is 3. The van der Waals surface area contributed by atoms with Gasteiger partial charge in [0, 0.05) is 29.2 Å². The number of aromatic nitrogens is 4. The lowest BCUT2D eigenvalue weighted by atomic mass is 10.1. The standard InChI is InChI=1S/C17H11ClF3N5O/c1-9-12(13-3-5-23-16(18)26-13)7-11(8-24-9)25-15(27)10-2-4-22-14(6-10)17(19,20)21/h2-8H,1H3,(H,25,27). The molecule has 27 heavy (non-hydrogen) atoms. The van der Waals surface area contributed by atoms with E-state index in [0.717, 1.165) is 6.20 Å². The van der Waals surface area contributed by atoms with Crippen molar-refractivity contribution in [2.75, 3.05) is 5.32 Å². The van der Waals surface area contributed by atoms with Gasteiger partial charge in [0.1, 0.15) is 5.69 Å². The first kappa shape index (κ1) is 18.7. The summed E-state index contributed by atoms with van der Waals surface area (Å²) in [6.07, 6.45) is -0.836. The molecule has 3 rings (SSSR count). The molecule has 0 saturated carbocycles. The van der Waals surface area contributed by atoms with Crippen molar-refractivity contribution in [2.45, 2.75) is 13.1 Å². The van der Waals surface area contributed by atoms with Crippen LogP contribution in [0.5, 0.6) is 0 Å². The molecule has 0 atom stereocenters. The molecule has 1 amide bonds. The normalized spacial score (nSPS) is 11.3. The first-order valence-corrected chi connectivity index (χ1v) is 7.92. The maximum absolute atomic E-state index is 12.7. The molecule has 0 aromatic carbocycles. The molecule has 3 aromatic rings. The fourth-order valence-corrected chi connectivity index (χ4v) is 2.42. The van der Waals surface area contributed by atoms with E-state index < -0.39 is 17.8 Å². The van der Waals surface area contributed by atoms with E-state index >= 15 is 0 Å². The number of nitrogens with zero attached hydrogens (tertiary/aromatic N) is 4. The molecule has 0 radical (unpaired) electrons. The smallest absolute Gasteiger partial charge is 0.321 e. The lowest BCUT2D eigenvalue weighted by molar-refractivity contribution is -0.141. The second-order valence-corrected chi connectivity index (χ2v) is 5.79. The fourth-order valence-electron chi connectivity index (χ4n) is 2.28. The quantitative estimate of drug-likeness (QED) is 0.675. The van der Waals surface area contributed by atoms with E-state index in [1.807, 2.05) is 0 Å². The van der Waals surface area contributed by atoms with E-state index in [1.165, 1.54) is 18.5 Å². The zero-order valence-electron chi connectivity index (χ0n) is 13.8. The molecule has 0 saturated heterocycles. The van der Waals surface area contributed by atoms with Crippen molar-refractivity contribution in [3.63, 3.8) is 0 Å². The number of hydrogen-bond donors (Lipinski definition) is 1. The highest BCUT2D eigenvalue weighted by atomic mass is 35.5. The first-order valence-electron chi connectivity index (χ1n) is 7.54. The van der Waals surface area contributed by atoms with Crippen LogP contribution < -0.4 is 5.32 Å². The molecule has 3 aromatic heterocycles. The SMILES string of the molecule is Cc1ncc(NC(=O)c2ccnc(C(F)(F)F)c2)cc1-c1ccnc(Cl)n1. The average Bonchev–Trinajstić information content (AvgIpc) is 2.62. The van der Waals surface area contributed by atoms with Crippen LogP contribution in [0.1, 0.15) is 21.7 Å². The van der Waals surface area contributed by atoms with E-state index in [1.54, 1.807) is 19.1 Å². The average molecular weight is 394 g/mol. The molecule has 0 aliphatic rings. The summed E-state index contributed by atoms with van der Waals surface area (Å²) in [5.41, 5.74) is 0.701. The highest BCUT2D eigenvalue weighted by Gasteiger charge is 2.32. The Morgan fingerprint density at radius 3 is 2.56 bits per heavy atom. The predicted molar refractivity (Wildman–Crippen MR) is 92.2 cm³/mol. The van der Waals surface area contributed by atoms with E-state index in [0.29, 0.717) is 28.7 Å². The molecule has 1 N–H and O–H groups in total. The second-order valence-electron chi connectivity index (χ2n) is 5.45. The van der Waals surface area contributed by atoms with Crippen molar-refractivity contribution in [3.05, 3.63) is 65.1 Å². The van der Waals surface area contributed by atoms with Crippen LogP contribution in [0.2, 0.25) is 5.28 Å². The van der Waals surface area contributed by atoms with Gasteiger partial charge in [0.2, 0.25) is 5.28 Å². The van der Waals surface area contributed by atoms with Crippen LogP contribution in [0.3, 0.4) is 0 Å². The minimum absolute atomic E-state index is 0.0535. The van der Waals surface area contributed by atoms with Crippen molar-refractivity contribution in [1.29, 1.82) is 0 Å². The van der Waals surface area contributed by atoms with Crippen molar-refractivity contribution >= 4 is 23.2 Å². The van der Waals surface area contributed by atoms with Gasteiger partial charge in [-0.05, 0) is 42.8 Å². The topological polar surface area (TPSA) is 80.7 Å². The number of halogens is 4. The Hall–Kier alpha value is -3.07. The summed E-state index contributed by atoms with van der Waals surface area (Å²) in [5.74, 6) is -0.722. The summed E-state index contributed by atoms with van der Waals surface area (Å²) < 4.78 is 38.2. The van der Waals surface area contributed by atoms with Gasteiger partial charge in [-0.15, -0.1) is 0 Å². The molecular formula is C17H11ClF3N5O. The molecule has 3 heterocycles. The van der Waals surface area contributed by atoms with Crippen LogP contribution in [0, 0.1) is 6.92 Å². The number of nitrogens with one attached hydrogen (secondary N) is 1. The summed E-state index contributed by atoms with van der Waals surface area (Å²) in [5, 5.41) is 2.57. The van der Waals surface area contributed by atoms with Crippen molar-refractivity contribution in [1.82, 2.24) is 19.9 Å². The summed E-state index contributed by atoms with van der Waals surface area (Å²) in [4.78, 5) is 27.6. The molecule has 10 heteroatoms. The molecule has 0 unspecified atom stereocenters. The summed E-state index contributed by atoms with van der Waals surface area (Å²) in [7, 11) is 0. The molecule has 0 bridgehead atoms. The van der Waals surface area contributed by atoms with E-state index in [4.69, 9.17) is 11.6 Å². The molecule has 0 spiro atoms. The van der Waals surface area contributed by atoms with Gasteiger partial charge < -0.3 is 5.32 Å². The van der Waals surface area contributed by atoms with Gasteiger partial charge in [0.05, 0.1) is 17.6 Å². The second kappa shape index (κ2) is 7.28. The molecule has 138 valence electrons. The lowest BCUT2D eigenvalue weighted by Crippen LogP contribution is -2.15. The van der Waals surface area contributed by atoms with Crippen molar-refractivity contribution < 1.29 is 18.0 Å². The van der Waals surface area contributed by atoms with Crippen molar-refractivity contribution in [2.24, 2.45) is 0 Å². The van der Waals surface area contributed by atoms with Gasteiger partial charge >= 0.3 is 6.18 Å². The Balaban J connectivity index is 1.88. The molecule has 0 fully saturated rings. The summed E-state index contributed by atoms with van der Waals surface area (Å²) >= 11 is 5.79. The Morgan fingerprint density at radius 2 is 1.85 bits per heavy atom. The van der Waals surface area contributed by atoms with Crippen LogP contribution in [-0.4, -0.2) is 25.8 Å². The third kappa shape index (κ3) is 4.37. The third-order valence-corrected chi connectivity index (χ3v) is 3.74. The van der Waals surface area contributed by atoms with Crippen LogP contribution in [0.25, 0.3) is 11.3 Å². The number of pyridine rings is 2. The van der Waals surface area contributed by atoms with Crippen LogP contribution in [0.15, 0.2) is 42.9 Å². The Bertz CT molecular complexity index is 1010. The number of rotatable bonds is 3.